The first-order valence-corrected chi connectivity index (χ1v) is 21.2. The maximum Gasteiger partial charge on any atom is 0.494 e. The quantitative estimate of drug-likeness (QED) is 0.159. The lowest BCUT2D eigenvalue weighted by Gasteiger charge is -2.32. The lowest BCUT2D eigenvalue weighted by molar-refractivity contribution is -0.142. The van der Waals surface area contributed by atoms with Crippen molar-refractivity contribution in [3.8, 4) is 0 Å². The molecule has 2 fully saturated rings. The van der Waals surface area contributed by atoms with Crippen LogP contribution in [0, 0.1) is 0 Å². The molecule has 1 amide bonds. The summed E-state index contributed by atoms with van der Waals surface area (Å²) in [5.74, 6) is -1.30. The van der Waals surface area contributed by atoms with Gasteiger partial charge in [-0.2, -0.15) is 0 Å². The molecule has 2 saturated heterocycles. The number of alkyl carbamates (subject to hydrolysis) is 1. The molecule has 0 radical (unpaired) electrons. The zero-order valence-corrected chi connectivity index (χ0v) is 33.8. The van der Waals surface area contributed by atoms with Gasteiger partial charge in [0.05, 0.1) is 55.6 Å². The van der Waals surface area contributed by atoms with Gasteiger partial charge in [-0.05, 0) is 83.5 Å². The molecule has 2 aliphatic rings. The van der Waals surface area contributed by atoms with E-state index in [0.29, 0.717) is 6.61 Å². The van der Waals surface area contributed by atoms with Crippen LogP contribution in [0.2, 0.25) is 25.7 Å². The van der Waals surface area contributed by atoms with Gasteiger partial charge in [-0.1, -0.05) is 83.0 Å². The van der Waals surface area contributed by atoms with E-state index >= 15 is 0 Å². The van der Waals surface area contributed by atoms with Gasteiger partial charge in [-0.15, -0.1) is 0 Å². The van der Waals surface area contributed by atoms with Gasteiger partial charge >= 0.3 is 32.3 Å². The van der Waals surface area contributed by atoms with E-state index in [1.165, 1.54) is 14.2 Å². The Bertz CT molecular complexity index is 1460. The summed E-state index contributed by atoms with van der Waals surface area (Å²) in [6, 6.07) is 16.0. The molecule has 296 valence electrons. The average molecular weight is 758 g/mol. The number of ether oxygens (including phenoxy) is 3. The van der Waals surface area contributed by atoms with Crippen molar-refractivity contribution in [3.05, 3.63) is 59.7 Å². The molecule has 1 N–H and O–H groups in total. The van der Waals surface area contributed by atoms with Gasteiger partial charge in [0.1, 0.15) is 0 Å². The molecule has 53 heavy (non-hydrogen) atoms. The van der Waals surface area contributed by atoms with E-state index in [9.17, 15) is 14.4 Å². The van der Waals surface area contributed by atoms with Crippen LogP contribution in [0.1, 0.15) is 87.3 Å². The van der Waals surface area contributed by atoms with Gasteiger partial charge < -0.3 is 38.1 Å². The minimum absolute atomic E-state index is 0. The first-order chi connectivity index (χ1) is 23.5. The predicted molar refractivity (Wildman–Crippen MR) is 216 cm³/mol. The van der Waals surface area contributed by atoms with E-state index < -0.39 is 44.4 Å². The molecule has 14 heteroatoms. The third-order valence-corrected chi connectivity index (χ3v) is 11.7. The Morgan fingerprint density at radius 1 is 0.698 bits per heavy atom. The smallest absolute Gasteiger partial charge is 0.469 e. The summed E-state index contributed by atoms with van der Waals surface area (Å²) in [7, 11) is 0.599. The highest BCUT2D eigenvalue weighted by molar-refractivity contribution is 6.76. The van der Waals surface area contributed by atoms with Crippen LogP contribution in [0.4, 0.5) is 4.79 Å². The number of nitrogens with one attached hydrogen (secondary N) is 1. The summed E-state index contributed by atoms with van der Waals surface area (Å²) < 4.78 is 38.9. The zero-order valence-electron chi connectivity index (χ0n) is 32.8. The maximum absolute atomic E-state index is 12.3. The molecule has 2 heterocycles. The molecule has 2 aromatic carbocycles. The minimum atomic E-state index is -1.28. The van der Waals surface area contributed by atoms with Crippen LogP contribution >= 0.6 is 0 Å². The fourth-order valence-corrected chi connectivity index (χ4v) is 5.76. The Morgan fingerprint density at radius 2 is 1.11 bits per heavy atom. The van der Waals surface area contributed by atoms with E-state index in [-0.39, 0.29) is 52.1 Å². The molecule has 2 aromatic rings. The van der Waals surface area contributed by atoms with Crippen LogP contribution in [0.15, 0.2) is 48.5 Å². The predicted octanol–water partition coefficient (Wildman–Crippen LogP) is 6.28. The van der Waals surface area contributed by atoms with Crippen molar-refractivity contribution >= 4 is 51.3 Å². The van der Waals surface area contributed by atoms with Gasteiger partial charge in [0, 0.05) is 14.6 Å². The minimum Gasteiger partial charge on any atom is -0.469 e. The molecule has 4 rings (SSSR count). The summed E-state index contributed by atoms with van der Waals surface area (Å²) >= 11 is 0. The summed E-state index contributed by atoms with van der Waals surface area (Å²) in [5.41, 5.74) is 1.92. The van der Waals surface area contributed by atoms with Crippen LogP contribution in [-0.2, 0) is 48.8 Å². The number of carbonyl (C=O) groups is 3. The second-order valence-corrected chi connectivity index (χ2v) is 21.9. The molecule has 2 aliphatic heterocycles. The average Bonchev–Trinajstić information content (AvgIpc) is 3.40. The molecule has 0 bridgehead atoms. The van der Waals surface area contributed by atoms with Crippen LogP contribution < -0.4 is 16.2 Å². The monoisotopic (exact) mass is 757 g/mol. The lowest BCUT2D eigenvalue weighted by atomic mass is 9.78. The van der Waals surface area contributed by atoms with Crippen molar-refractivity contribution in [1.82, 2.24) is 5.32 Å². The van der Waals surface area contributed by atoms with Crippen LogP contribution in [-0.4, -0.2) is 90.1 Å². The third-order valence-electron chi connectivity index (χ3n) is 9.97. The van der Waals surface area contributed by atoms with E-state index in [2.05, 4.69) is 29.7 Å². The second kappa shape index (κ2) is 18.9. The van der Waals surface area contributed by atoms with Crippen molar-refractivity contribution < 1.29 is 47.2 Å². The van der Waals surface area contributed by atoms with Crippen LogP contribution in [0.3, 0.4) is 0 Å². The Morgan fingerprint density at radius 3 is 1.49 bits per heavy atom. The number of benzene rings is 2. The largest absolute Gasteiger partial charge is 0.494 e. The van der Waals surface area contributed by atoms with Gasteiger partial charge in [-0.3, -0.25) is 9.59 Å². The number of rotatable bonds is 11. The second-order valence-electron chi connectivity index (χ2n) is 16.2. The molecule has 0 aromatic heterocycles. The number of esters is 2. The van der Waals surface area contributed by atoms with E-state index in [1.54, 1.807) is 0 Å². The van der Waals surface area contributed by atoms with Crippen molar-refractivity contribution in [2.75, 3.05) is 27.4 Å². The Labute approximate surface area is 320 Å². The number of hydrogen-bond donors (Lipinski definition) is 1. The standard InChI is InChI=1S/C22H36BNO6Si.C15H21BO4.2CH4/c1-21(2)22(3,4)30-23(29-21)17-11-9-16(10-12-17)18(19(25)27-5)15-24-20(26)28-13-14-31(6,7)8;1-14(2)15(3,4)20-16(19-14)12-8-6-11(7-9-12)10-13(17)18-5;;/h9-12,18H,13-15H2,1-8H3,(H,24,26);6-9H,10H2,1-5H3;2*1H4. The normalized spacial score (nSPS) is 18.3. The highest BCUT2D eigenvalue weighted by Gasteiger charge is 2.52. The molecule has 1 atom stereocenters. The first kappa shape index (κ1) is 47.9. The van der Waals surface area contributed by atoms with Crippen molar-refractivity contribution in [2.45, 2.75) is 131 Å². The van der Waals surface area contributed by atoms with Crippen molar-refractivity contribution in [3.63, 3.8) is 0 Å². The van der Waals surface area contributed by atoms with Gasteiger partial charge in [0.15, 0.2) is 0 Å². The number of methoxy groups -OCH3 is 2. The molecule has 11 nitrogen and oxygen atoms in total. The Kier molecular flexibility index (Phi) is 17.1. The fourth-order valence-electron chi connectivity index (χ4n) is 5.04. The molecular weight excluding hydrogens is 692 g/mol. The van der Waals surface area contributed by atoms with Gasteiger partial charge in [-0.25, -0.2) is 4.79 Å². The fraction of sp³-hybridized carbons (Fsp3) is 0.615. The highest BCUT2D eigenvalue weighted by atomic mass is 28.3. The van der Waals surface area contributed by atoms with Crippen molar-refractivity contribution in [1.29, 1.82) is 0 Å². The van der Waals surface area contributed by atoms with E-state index in [1.807, 2.05) is 104 Å². The maximum atomic E-state index is 12.3. The molecule has 0 aliphatic carbocycles. The molecular formula is C39H65B2NO10Si. The Balaban J connectivity index is 0.000000554. The van der Waals surface area contributed by atoms with Crippen LogP contribution in [0.5, 0.6) is 0 Å². The van der Waals surface area contributed by atoms with Crippen molar-refractivity contribution in [2.24, 2.45) is 0 Å². The zero-order chi connectivity index (χ0) is 38.4. The van der Waals surface area contributed by atoms with Gasteiger partial charge in [0.25, 0.3) is 0 Å². The molecule has 0 spiro atoms. The Hall–Kier alpha value is -3.16. The number of carbonyl (C=O) groups excluding carboxylic acids is 3. The first-order valence-electron chi connectivity index (χ1n) is 17.5. The highest BCUT2D eigenvalue weighted by Crippen LogP contribution is 2.37. The summed E-state index contributed by atoms with van der Waals surface area (Å²) in [5, 5.41) is 2.68. The number of amides is 1. The number of hydrogen-bond acceptors (Lipinski definition) is 10. The summed E-state index contributed by atoms with van der Waals surface area (Å²) in [6.45, 7) is 23.2. The van der Waals surface area contributed by atoms with Crippen LogP contribution in [0.25, 0.3) is 0 Å². The third kappa shape index (κ3) is 13.0. The summed E-state index contributed by atoms with van der Waals surface area (Å²) in [6.07, 6.45) is -0.249. The SMILES string of the molecule is C.C.COC(=O)C(CNC(=O)OCC[Si](C)(C)C)c1ccc(B2OC(C)(C)C(C)(C)O2)cc1.COC(=O)Cc1ccc(B2OC(C)(C)C(C)(C)O2)cc1. The molecule has 1 unspecified atom stereocenters. The van der Waals surface area contributed by atoms with Gasteiger partial charge in [0.2, 0.25) is 0 Å². The molecule has 0 saturated carbocycles. The summed E-state index contributed by atoms with van der Waals surface area (Å²) in [4.78, 5) is 35.6. The topological polar surface area (TPSA) is 128 Å². The lowest BCUT2D eigenvalue weighted by Crippen LogP contribution is -2.41. The van der Waals surface area contributed by atoms with E-state index in [4.69, 9.17) is 28.1 Å². The van der Waals surface area contributed by atoms with E-state index in [0.717, 1.165) is 28.1 Å².